The number of nitrogens with zero attached hydrogens (tertiary/aromatic N) is 4. The molecule has 40 heavy (non-hydrogen) atoms. The zero-order chi connectivity index (χ0) is 27.5. The van der Waals surface area contributed by atoms with Gasteiger partial charge in [0.2, 0.25) is 11.8 Å². The van der Waals surface area contributed by atoms with Crippen LogP contribution in [0.25, 0.3) is 11.3 Å². The smallest absolute Gasteiger partial charge is 0.262 e. The SMILES string of the molecule is Cc1ccnc(-c2cn([C@H]3C[C@H](CNc4ccc5c(c4)C(=O)N(C4CCC(=O)NC4=O)C5=O)C3)nc2C2CC2)c1. The van der Waals surface area contributed by atoms with Gasteiger partial charge in [0, 0.05) is 42.5 Å². The molecule has 0 spiro atoms. The molecule has 1 aromatic carbocycles. The lowest BCUT2D eigenvalue weighted by molar-refractivity contribution is -0.136. The number of imide groups is 2. The van der Waals surface area contributed by atoms with E-state index in [1.54, 1.807) is 18.2 Å². The highest BCUT2D eigenvalue weighted by atomic mass is 16.2. The summed E-state index contributed by atoms with van der Waals surface area (Å²) in [5, 5.41) is 10.6. The summed E-state index contributed by atoms with van der Waals surface area (Å²) in [6.07, 6.45) is 8.66. The van der Waals surface area contributed by atoms with Crippen molar-refractivity contribution in [1.29, 1.82) is 0 Å². The number of anilines is 1. The largest absolute Gasteiger partial charge is 0.385 e. The van der Waals surface area contributed by atoms with Crippen molar-refractivity contribution in [2.45, 2.75) is 63.5 Å². The molecule has 4 heterocycles. The number of pyridine rings is 1. The molecule has 2 saturated carbocycles. The van der Waals surface area contributed by atoms with Gasteiger partial charge in [-0.1, -0.05) is 0 Å². The highest BCUT2D eigenvalue weighted by Crippen LogP contribution is 2.45. The fourth-order valence-corrected chi connectivity index (χ4v) is 6.06. The van der Waals surface area contributed by atoms with E-state index in [-0.39, 0.29) is 29.9 Å². The van der Waals surface area contributed by atoms with Crippen LogP contribution in [0.3, 0.4) is 0 Å². The van der Waals surface area contributed by atoms with E-state index in [1.807, 2.05) is 12.3 Å². The molecule has 0 radical (unpaired) electrons. The second kappa shape index (κ2) is 9.39. The minimum absolute atomic E-state index is 0.101. The van der Waals surface area contributed by atoms with Crippen LogP contribution in [0.1, 0.15) is 82.5 Å². The van der Waals surface area contributed by atoms with E-state index in [0.717, 1.165) is 41.2 Å². The fraction of sp³-hybridized carbons (Fsp3) is 0.400. The standard InChI is InChI=1S/C30H30N6O4/c1-16-8-9-31-24(10-16)23-15-35(34-27(23)18-2-3-18)20-11-17(12-20)14-32-19-4-5-21-22(13-19)30(40)36(29(21)39)25-6-7-26(37)33-28(25)38/h4-5,8-10,13,15,17-18,20,25,32H,2-3,6-7,11-12,14H2,1H3,(H,33,37,38)/t17-,20-,25?. The molecule has 1 atom stereocenters. The number of carbonyl (C=O) groups excluding carboxylic acids is 4. The minimum atomic E-state index is -0.960. The van der Waals surface area contributed by atoms with Gasteiger partial charge in [-0.05, 0) is 80.8 Å². The Labute approximate surface area is 231 Å². The van der Waals surface area contributed by atoms with E-state index in [0.29, 0.717) is 17.9 Å². The van der Waals surface area contributed by atoms with Crippen molar-refractivity contribution >= 4 is 29.3 Å². The summed E-state index contributed by atoms with van der Waals surface area (Å²) in [6, 6.07) is 8.65. The third-order valence-corrected chi connectivity index (χ3v) is 8.54. The monoisotopic (exact) mass is 538 g/mol. The number of hydrogen-bond donors (Lipinski definition) is 2. The highest BCUT2D eigenvalue weighted by Gasteiger charge is 2.44. The molecule has 3 aromatic rings. The molecule has 3 fully saturated rings. The summed E-state index contributed by atoms with van der Waals surface area (Å²) < 4.78 is 2.13. The summed E-state index contributed by atoms with van der Waals surface area (Å²) in [6.45, 7) is 2.83. The van der Waals surface area contributed by atoms with E-state index in [2.05, 4.69) is 39.5 Å². The molecular weight excluding hydrogens is 508 g/mol. The van der Waals surface area contributed by atoms with Crippen molar-refractivity contribution in [3.05, 3.63) is 65.1 Å². The van der Waals surface area contributed by atoms with Crippen LogP contribution in [0.2, 0.25) is 0 Å². The molecule has 2 aromatic heterocycles. The maximum atomic E-state index is 13.1. The Hall–Kier alpha value is -4.34. The molecule has 204 valence electrons. The van der Waals surface area contributed by atoms with Gasteiger partial charge in [-0.25, -0.2) is 0 Å². The minimum Gasteiger partial charge on any atom is -0.385 e. The first kappa shape index (κ1) is 24.7. The molecule has 10 nitrogen and oxygen atoms in total. The zero-order valence-corrected chi connectivity index (χ0v) is 22.2. The van der Waals surface area contributed by atoms with E-state index < -0.39 is 23.8 Å². The molecule has 2 aliphatic heterocycles. The van der Waals surface area contributed by atoms with Crippen LogP contribution in [0.15, 0.2) is 42.7 Å². The van der Waals surface area contributed by atoms with Gasteiger partial charge in [0.1, 0.15) is 6.04 Å². The van der Waals surface area contributed by atoms with Gasteiger partial charge in [0.15, 0.2) is 0 Å². The van der Waals surface area contributed by atoms with Crippen LogP contribution < -0.4 is 10.6 Å². The molecule has 7 rings (SSSR count). The van der Waals surface area contributed by atoms with Gasteiger partial charge in [-0.2, -0.15) is 5.10 Å². The maximum absolute atomic E-state index is 13.1. The number of amides is 4. The van der Waals surface area contributed by atoms with E-state index in [4.69, 9.17) is 5.10 Å². The summed E-state index contributed by atoms with van der Waals surface area (Å²) in [5.74, 6) is -0.977. The van der Waals surface area contributed by atoms with Crippen LogP contribution in [0, 0.1) is 12.8 Å². The van der Waals surface area contributed by atoms with Gasteiger partial charge in [-0.3, -0.25) is 39.1 Å². The van der Waals surface area contributed by atoms with Crippen LogP contribution in [0.5, 0.6) is 0 Å². The Balaban J connectivity index is 0.989. The number of benzene rings is 1. The van der Waals surface area contributed by atoms with Crippen LogP contribution >= 0.6 is 0 Å². The van der Waals surface area contributed by atoms with E-state index >= 15 is 0 Å². The topological polar surface area (TPSA) is 126 Å². The van der Waals surface area contributed by atoms with Gasteiger partial charge in [0.05, 0.1) is 28.6 Å². The lowest BCUT2D eigenvalue weighted by Crippen LogP contribution is -2.54. The lowest BCUT2D eigenvalue weighted by atomic mass is 9.80. The third-order valence-electron chi connectivity index (χ3n) is 8.54. The molecule has 10 heteroatoms. The molecule has 2 aliphatic carbocycles. The first-order chi connectivity index (χ1) is 19.4. The number of fused-ring (bicyclic) bond motifs is 1. The Morgan fingerprint density at radius 1 is 0.975 bits per heavy atom. The molecule has 4 aliphatic rings. The molecule has 4 amide bonds. The fourth-order valence-electron chi connectivity index (χ4n) is 6.06. The van der Waals surface area contributed by atoms with Crippen molar-refractivity contribution < 1.29 is 19.2 Å². The normalized spacial score (nSPS) is 24.1. The van der Waals surface area contributed by atoms with Crippen molar-refractivity contribution in [2.75, 3.05) is 11.9 Å². The van der Waals surface area contributed by atoms with E-state index in [1.165, 1.54) is 24.1 Å². The number of hydrogen-bond acceptors (Lipinski definition) is 7. The number of carbonyl (C=O) groups is 4. The average Bonchev–Trinajstić information content (AvgIpc) is 3.62. The first-order valence-corrected chi connectivity index (χ1v) is 14.0. The average molecular weight is 539 g/mol. The Bertz CT molecular complexity index is 1570. The second-order valence-electron chi connectivity index (χ2n) is 11.5. The number of piperidine rings is 1. The summed E-state index contributed by atoms with van der Waals surface area (Å²) in [5.41, 5.74) is 5.83. The van der Waals surface area contributed by atoms with Gasteiger partial charge in [0.25, 0.3) is 11.8 Å². The Morgan fingerprint density at radius 2 is 1.77 bits per heavy atom. The van der Waals surface area contributed by atoms with E-state index in [9.17, 15) is 19.2 Å². The predicted octanol–water partition coefficient (Wildman–Crippen LogP) is 3.60. The van der Waals surface area contributed by atoms with Crippen LogP contribution in [-0.4, -0.2) is 55.9 Å². The van der Waals surface area contributed by atoms with Crippen LogP contribution in [0.4, 0.5) is 5.69 Å². The first-order valence-electron chi connectivity index (χ1n) is 14.0. The molecule has 1 saturated heterocycles. The third kappa shape index (κ3) is 4.27. The van der Waals surface area contributed by atoms with Gasteiger partial charge >= 0.3 is 0 Å². The summed E-state index contributed by atoms with van der Waals surface area (Å²) in [7, 11) is 0. The van der Waals surface area contributed by atoms with Gasteiger partial charge < -0.3 is 5.32 Å². The highest BCUT2D eigenvalue weighted by molar-refractivity contribution is 6.23. The van der Waals surface area contributed by atoms with Crippen LogP contribution in [-0.2, 0) is 9.59 Å². The predicted molar refractivity (Wildman–Crippen MR) is 146 cm³/mol. The van der Waals surface area contributed by atoms with Crippen molar-refractivity contribution in [1.82, 2.24) is 25.0 Å². The lowest BCUT2D eigenvalue weighted by Gasteiger charge is -2.35. The number of aryl methyl sites for hydroxylation is 1. The Kier molecular flexibility index (Phi) is 5.80. The zero-order valence-electron chi connectivity index (χ0n) is 22.2. The maximum Gasteiger partial charge on any atom is 0.262 e. The van der Waals surface area contributed by atoms with Crippen molar-refractivity contribution in [3.8, 4) is 11.3 Å². The quantitative estimate of drug-likeness (QED) is 0.440. The number of nitrogens with one attached hydrogen (secondary N) is 2. The molecule has 1 unspecified atom stereocenters. The summed E-state index contributed by atoms with van der Waals surface area (Å²) >= 11 is 0. The molecular formula is C30H30N6O4. The van der Waals surface area contributed by atoms with Crippen molar-refractivity contribution in [3.63, 3.8) is 0 Å². The number of rotatable bonds is 7. The molecule has 2 N–H and O–H groups in total. The summed E-state index contributed by atoms with van der Waals surface area (Å²) in [4.78, 5) is 55.4. The number of aromatic nitrogens is 3. The van der Waals surface area contributed by atoms with Gasteiger partial charge in [-0.15, -0.1) is 0 Å². The molecule has 0 bridgehead atoms. The second-order valence-corrected chi connectivity index (χ2v) is 11.5. The van der Waals surface area contributed by atoms with Crippen molar-refractivity contribution in [2.24, 2.45) is 5.92 Å². The Morgan fingerprint density at radius 3 is 2.52 bits per heavy atom.